The molecule has 0 saturated carbocycles. The molecule has 0 aliphatic rings. The molecule has 1 unspecified atom stereocenters. The van der Waals surface area contributed by atoms with E-state index in [1.54, 1.807) is 18.6 Å². The van der Waals surface area contributed by atoms with Gasteiger partial charge in [-0.25, -0.2) is 0 Å². The highest BCUT2D eigenvalue weighted by molar-refractivity contribution is 5.31. The molecule has 0 amide bonds. The molecule has 0 fully saturated rings. The lowest BCUT2D eigenvalue weighted by molar-refractivity contribution is 0.219. The SMILES string of the molecule is CC(C)c1ccc(C(O)c2ccoc2)cc1. The van der Waals surface area contributed by atoms with Crippen LogP contribution in [-0.2, 0) is 0 Å². The normalized spacial score (nSPS) is 13.0. The zero-order chi connectivity index (χ0) is 11.5. The molecule has 0 bridgehead atoms. The van der Waals surface area contributed by atoms with Gasteiger partial charge in [-0.05, 0) is 23.1 Å². The average molecular weight is 216 g/mol. The second-order valence-electron chi connectivity index (χ2n) is 4.28. The molecule has 0 radical (unpaired) electrons. The summed E-state index contributed by atoms with van der Waals surface area (Å²) in [5, 5.41) is 10.1. The van der Waals surface area contributed by atoms with E-state index in [1.807, 2.05) is 12.1 Å². The number of aliphatic hydroxyl groups excluding tert-OH is 1. The fourth-order valence-electron chi connectivity index (χ4n) is 1.69. The second-order valence-corrected chi connectivity index (χ2v) is 4.28. The topological polar surface area (TPSA) is 33.4 Å². The molecule has 1 atom stereocenters. The van der Waals surface area contributed by atoms with Gasteiger partial charge in [-0.3, -0.25) is 0 Å². The van der Waals surface area contributed by atoms with Crippen LogP contribution in [0.1, 0.15) is 42.6 Å². The first-order chi connectivity index (χ1) is 7.68. The predicted molar refractivity (Wildman–Crippen MR) is 63.3 cm³/mol. The van der Waals surface area contributed by atoms with E-state index in [0.717, 1.165) is 11.1 Å². The number of hydrogen-bond donors (Lipinski definition) is 1. The molecule has 2 nitrogen and oxygen atoms in total. The lowest BCUT2D eigenvalue weighted by Gasteiger charge is -2.11. The average Bonchev–Trinajstić information content (AvgIpc) is 2.81. The minimum absolute atomic E-state index is 0.514. The van der Waals surface area contributed by atoms with Crippen molar-refractivity contribution in [2.45, 2.75) is 25.9 Å². The van der Waals surface area contributed by atoms with Crippen LogP contribution in [-0.4, -0.2) is 5.11 Å². The summed E-state index contributed by atoms with van der Waals surface area (Å²) in [6.07, 6.45) is 2.54. The zero-order valence-electron chi connectivity index (χ0n) is 9.55. The van der Waals surface area contributed by atoms with Crippen molar-refractivity contribution in [1.82, 2.24) is 0 Å². The highest BCUT2D eigenvalue weighted by Crippen LogP contribution is 2.24. The third kappa shape index (κ3) is 2.17. The molecule has 1 heterocycles. The van der Waals surface area contributed by atoms with Gasteiger partial charge in [0.05, 0.1) is 12.5 Å². The Balaban J connectivity index is 2.22. The lowest BCUT2D eigenvalue weighted by Crippen LogP contribution is -1.98. The first-order valence-electron chi connectivity index (χ1n) is 5.48. The first-order valence-corrected chi connectivity index (χ1v) is 5.48. The van der Waals surface area contributed by atoms with Gasteiger partial charge < -0.3 is 9.52 Å². The fraction of sp³-hybridized carbons (Fsp3) is 0.286. The van der Waals surface area contributed by atoms with E-state index in [1.165, 1.54) is 5.56 Å². The molecule has 0 aliphatic carbocycles. The minimum Gasteiger partial charge on any atom is -0.472 e. The van der Waals surface area contributed by atoms with Crippen LogP contribution < -0.4 is 0 Å². The maximum absolute atomic E-state index is 10.1. The quantitative estimate of drug-likeness (QED) is 0.852. The minimum atomic E-state index is -0.597. The fourth-order valence-corrected chi connectivity index (χ4v) is 1.69. The smallest absolute Gasteiger partial charge is 0.107 e. The van der Waals surface area contributed by atoms with E-state index in [9.17, 15) is 5.11 Å². The van der Waals surface area contributed by atoms with Crippen LogP contribution >= 0.6 is 0 Å². The summed E-state index contributed by atoms with van der Waals surface area (Å²) >= 11 is 0. The van der Waals surface area contributed by atoms with Gasteiger partial charge in [-0.2, -0.15) is 0 Å². The molecule has 0 spiro atoms. The van der Waals surface area contributed by atoms with E-state index < -0.39 is 6.10 Å². The Bertz CT molecular complexity index is 426. The number of furan rings is 1. The van der Waals surface area contributed by atoms with Crippen molar-refractivity contribution in [3.8, 4) is 0 Å². The van der Waals surface area contributed by atoms with Crippen molar-refractivity contribution in [2.75, 3.05) is 0 Å². The van der Waals surface area contributed by atoms with E-state index in [-0.39, 0.29) is 0 Å². The Labute approximate surface area is 95.5 Å². The first kappa shape index (κ1) is 11.0. The highest BCUT2D eigenvalue weighted by atomic mass is 16.3. The standard InChI is InChI=1S/C14H16O2/c1-10(2)11-3-5-12(6-4-11)14(15)13-7-8-16-9-13/h3-10,14-15H,1-2H3. The summed E-state index contributed by atoms with van der Waals surface area (Å²) in [4.78, 5) is 0. The Morgan fingerprint density at radius 1 is 0.938 bits per heavy atom. The molecule has 0 aliphatic heterocycles. The van der Waals surface area contributed by atoms with Crippen molar-refractivity contribution >= 4 is 0 Å². The molecule has 0 saturated heterocycles. The maximum Gasteiger partial charge on any atom is 0.107 e. The summed E-state index contributed by atoms with van der Waals surface area (Å²) in [6, 6.07) is 9.83. The van der Waals surface area contributed by atoms with Gasteiger partial charge in [0, 0.05) is 5.56 Å². The van der Waals surface area contributed by atoms with Gasteiger partial charge in [0.25, 0.3) is 0 Å². The number of rotatable bonds is 3. The number of aliphatic hydroxyl groups is 1. The number of hydrogen-bond acceptors (Lipinski definition) is 2. The third-order valence-electron chi connectivity index (χ3n) is 2.78. The Kier molecular flexibility index (Phi) is 3.11. The van der Waals surface area contributed by atoms with Crippen LogP contribution in [0.2, 0.25) is 0 Å². The Morgan fingerprint density at radius 3 is 2.06 bits per heavy atom. The monoisotopic (exact) mass is 216 g/mol. The summed E-state index contributed by atoms with van der Waals surface area (Å²) in [7, 11) is 0. The van der Waals surface area contributed by atoms with Crippen molar-refractivity contribution in [1.29, 1.82) is 0 Å². The molecule has 1 N–H and O–H groups in total. The molecular weight excluding hydrogens is 200 g/mol. The van der Waals surface area contributed by atoms with Gasteiger partial charge in [-0.15, -0.1) is 0 Å². The summed E-state index contributed by atoms with van der Waals surface area (Å²) in [5.41, 5.74) is 2.96. The van der Waals surface area contributed by atoms with E-state index in [0.29, 0.717) is 5.92 Å². The summed E-state index contributed by atoms with van der Waals surface area (Å²) in [6.45, 7) is 4.31. The molecule has 2 aromatic rings. The van der Waals surface area contributed by atoms with Gasteiger partial charge in [0.1, 0.15) is 6.10 Å². The van der Waals surface area contributed by atoms with Crippen LogP contribution in [0, 0.1) is 0 Å². The van der Waals surface area contributed by atoms with Crippen LogP contribution in [0.3, 0.4) is 0 Å². The highest BCUT2D eigenvalue weighted by Gasteiger charge is 2.11. The second kappa shape index (κ2) is 4.54. The molecule has 1 aromatic heterocycles. The zero-order valence-corrected chi connectivity index (χ0v) is 9.55. The molecule has 1 aromatic carbocycles. The Morgan fingerprint density at radius 2 is 1.56 bits per heavy atom. The van der Waals surface area contributed by atoms with Crippen molar-refractivity contribution in [3.63, 3.8) is 0 Å². The van der Waals surface area contributed by atoms with Crippen LogP contribution in [0.15, 0.2) is 47.3 Å². The molecule has 2 rings (SSSR count). The summed E-state index contributed by atoms with van der Waals surface area (Å²) < 4.78 is 4.96. The van der Waals surface area contributed by atoms with Gasteiger partial charge in [0.15, 0.2) is 0 Å². The van der Waals surface area contributed by atoms with Crippen LogP contribution in [0.5, 0.6) is 0 Å². The molecule has 84 valence electrons. The van der Waals surface area contributed by atoms with Gasteiger partial charge >= 0.3 is 0 Å². The van der Waals surface area contributed by atoms with E-state index in [2.05, 4.69) is 26.0 Å². The molecule has 16 heavy (non-hydrogen) atoms. The predicted octanol–water partition coefficient (Wildman–Crippen LogP) is 3.48. The van der Waals surface area contributed by atoms with Gasteiger partial charge in [0.2, 0.25) is 0 Å². The lowest BCUT2D eigenvalue weighted by atomic mass is 9.98. The molecule has 2 heteroatoms. The van der Waals surface area contributed by atoms with Crippen LogP contribution in [0.4, 0.5) is 0 Å². The van der Waals surface area contributed by atoms with Crippen molar-refractivity contribution in [3.05, 3.63) is 59.5 Å². The van der Waals surface area contributed by atoms with Gasteiger partial charge in [-0.1, -0.05) is 38.1 Å². The maximum atomic E-state index is 10.1. The van der Waals surface area contributed by atoms with E-state index in [4.69, 9.17) is 4.42 Å². The van der Waals surface area contributed by atoms with E-state index >= 15 is 0 Å². The Hall–Kier alpha value is -1.54. The van der Waals surface area contributed by atoms with Crippen molar-refractivity contribution in [2.24, 2.45) is 0 Å². The summed E-state index contributed by atoms with van der Waals surface area (Å²) in [5.74, 6) is 0.514. The molecular formula is C14H16O2. The van der Waals surface area contributed by atoms with Crippen molar-refractivity contribution < 1.29 is 9.52 Å². The van der Waals surface area contributed by atoms with Crippen LogP contribution in [0.25, 0.3) is 0 Å². The largest absolute Gasteiger partial charge is 0.472 e. The third-order valence-corrected chi connectivity index (χ3v) is 2.78. The number of benzene rings is 1.